The number of allylic oxidation sites excluding steroid dienone is 2. The van der Waals surface area contributed by atoms with E-state index in [0.29, 0.717) is 0 Å². The Kier molecular flexibility index (Phi) is 9.94. The zero-order valence-electron chi connectivity index (χ0n) is 31.3. The number of hydrogen-bond acceptors (Lipinski definition) is 0. The van der Waals surface area contributed by atoms with Crippen LogP contribution in [0.3, 0.4) is 0 Å². The molecule has 2 atom stereocenters. The van der Waals surface area contributed by atoms with Crippen LogP contribution in [-0.4, -0.2) is 5.92 Å². The van der Waals surface area contributed by atoms with Gasteiger partial charge in [0.05, 0.1) is 0 Å². The van der Waals surface area contributed by atoms with Gasteiger partial charge in [-0.3, -0.25) is 0 Å². The molecule has 4 aromatic rings. The van der Waals surface area contributed by atoms with E-state index in [0.717, 1.165) is 18.5 Å². The Morgan fingerprint density at radius 1 is 0.592 bits per heavy atom. The Bertz CT molecular complexity index is 1930. The monoisotopic (exact) mass is 783 g/mol. The molecular weight excluding hydrogens is 731 g/mol. The standard InChI is InChI=1S/C21H23.C20H21.C4H11Si.2ClH.Zr/c1-5-15-13-17-7-6-8-19(20(17)14-15)16-9-11-18(12-10-16)21(2,3)4;1-14-12-16-6-5-7-18(19(16)13-14)15-8-10-17(11-9-15)20(2,3)4;1-3-5-4-2;;;/h6-14H,5H2,1-4H3;5-13H,1-4H3;5H,3-4H2,1-2H3;2*1H;/q;;;;;+2/p-2. The van der Waals surface area contributed by atoms with Gasteiger partial charge in [0.2, 0.25) is 0 Å². The minimum absolute atomic E-state index is 0.103. The van der Waals surface area contributed by atoms with Gasteiger partial charge in [0.15, 0.2) is 0 Å². The van der Waals surface area contributed by atoms with Gasteiger partial charge in [0.25, 0.3) is 0 Å². The third kappa shape index (κ3) is 6.20. The predicted octanol–water partition coefficient (Wildman–Crippen LogP) is 14.4. The first kappa shape index (κ1) is 36.8. The van der Waals surface area contributed by atoms with Crippen molar-refractivity contribution in [3.63, 3.8) is 0 Å². The van der Waals surface area contributed by atoms with Crippen LogP contribution < -0.4 is 0 Å². The average molecular weight is 786 g/mol. The van der Waals surface area contributed by atoms with Crippen LogP contribution in [0, 0.1) is 0 Å². The second-order valence-electron chi connectivity index (χ2n) is 16.8. The molecule has 0 saturated heterocycles. The molecule has 0 amide bonds. The van der Waals surface area contributed by atoms with E-state index in [2.05, 4.69) is 166 Å². The fraction of sp³-hybridized carbons (Fsp3) is 0.378. The third-order valence-corrected chi connectivity index (χ3v) is 61.9. The quantitative estimate of drug-likeness (QED) is 0.156. The molecule has 2 aliphatic rings. The molecule has 2 unspecified atom stereocenters. The minimum atomic E-state index is -4.86. The SMILES string of the molecule is CCC1=Cc2c(-c3ccc(C(C)(C)C)cc3)cccc2[CH]1[Zr]([Cl])([Cl])([CH]1C(C)=Cc2c(-c3ccc(C(C)(C)C)cc3)cccc21)[SiH](CC)CC. The third-order valence-electron chi connectivity index (χ3n) is 11.8. The van der Waals surface area contributed by atoms with Crippen LogP contribution in [0.1, 0.15) is 116 Å². The first-order valence-corrected chi connectivity index (χ1v) is 34.1. The Hall–Kier alpha value is -1.96. The summed E-state index contributed by atoms with van der Waals surface area (Å²) in [5.74, 6) is -1.62. The van der Waals surface area contributed by atoms with E-state index in [-0.39, 0.29) is 18.1 Å². The maximum atomic E-state index is 8.79. The molecule has 0 bridgehead atoms. The molecule has 0 aromatic heterocycles. The van der Waals surface area contributed by atoms with Crippen molar-refractivity contribution >= 4 is 35.1 Å². The van der Waals surface area contributed by atoms with Crippen molar-refractivity contribution < 1.29 is 15.6 Å². The molecule has 0 nitrogen and oxygen atoms in total. The number of benzene rings is 4. The van der Waals surface area contributed by atoms with Crippen LogP contribution in [0.2, 0.25) is 12.1 Å². The van der Waals surface area contributed by atoms with E-state index in [1.807, 2.05) is 0 Å². The van der Waals surface area contributed by atoms with Crippen molar-refractivity contribution in [3.05, 3.63) is 129 Å². The van der Waals surface area contributed by atoms with Crippen molar-refractivity contribution in [2.45, 2.75) is 106 Å². The van der Waals surface area contributed by atoms with Crippen LogP contribution in [0.4, 0.5) is 0 Å². The van der Waals surface area contributed by atoms with Gasteiger partial charge in [0.1, 0.15) is 0 Å². The molecule has 0 aliphatic heterocycles. The summed E-state index contributed by atoms with van der Waals surface area (Å²) >= 11 is -4.86. The van der Waals surface area contributed by atoms with Crippen LogP contribution in [0.5, 0.6) is 0 Å². The Balaban J connectivity index is 1.53. The molecule has 257 valence electrons. The number of hydrogen-bond donors (Lipinski definition) is 0. The van der Waals surface area contributed by atoms with E-state index >= 15 is 0 Å². The summed E-state index contributed by atoms with van der Waals surface area (Å²) in [7, 11) is 17.6. The van der Waals surface area contributed by atoms with E-state index < -0.39 is 21.5 Å². The summed E-state index contributed by atoms with van der Waals surface area (Å²) in [6.45, 7) is 23.1. The van der Waals surface area contributed by atoms with E-state index in [4.69, 9.17) is 17.0 Å². The van der Waals surface area contributed by atoms with E-state index in [1.54, 1.807) is 0 Å². The molecule has 4 aromatic carbocycles. The van der Waals surface area contributed by atoms with Crippen LogP contribution >= 0.6 is 17.0 Å². The van der Waals surface area contributed by atoms with E-state index in [1.165, 1.54) is 66.8 Å². The van der Waals surface area contributed by atoms with Gasteiger partial charge in [-0.1, -0.05) is 0 Å². The summed E-state index contributed by atoms with van der Waals surface area (Å²) in [4.78, 5) is 0. The summed E-state index contributed by atoms with van der Waals surface area (Å²) in [6, 6.07) is 34.5. The number of fused-ring (bicyclic) bond motifs is 2. The first-order chi connectivity index (χ1) is 23.0. The molecular formula is C45H55Cl2SiZr. The molecule has 2 aliphatic carbocycles. The van der Waals surface area contributed by atoms with Crippen molar-refractivity contribution in [1.82, 2.24) is 0 Å². The molecule has 0 N–H and O–H groups in total. The van der Waals surface area contributed by atoms with E-state index in [9.17, 15) is 0 Å². The summed E-state index contributed by atoms with van der Waals surface area (Å²) in [6.07, 6.45) is 5.90. The Morgan fingerprint density at radius 2 is 1.02 bits per heavy atom. The number of halogens is 2. The Labute approximate surface area is 305 Å². The molecule has 6 rings (SSSR count). The van der Waals surface area contributed by atoms with Gasteiger partial charge < -0.3 is 0 Å². The second-order valence-corrected chi connectivity index (χ2v) is 57.6. The maximum absolute atomic E-state index is 8.79. The van der Waals surface area contributed by atoms with Crippen molar-refractivity contribution in [1.29, 1.82) is 0 Å². The summed E-state index contributed by atoms with van der Waals surface area (Å²) in [5.41, 5.74) is 16.3. The fourth-order valence-corrected chi connectivity index (χ4v) is 62.9. The molecule has 0 spiro atoms. The number of rotatable bonds is 8. The van der Waals surface area contributed by atoms with Crippen molar-refractivity contribution in [2.75, 3.05) is 0 Å². The zero-order valence-corrected chi connectivity index (χ0v) is 36.5. The second kappa shape index (κ2) is 13.2. The summed E-state index contributed by atoms with van der Waals surface area (Å²) < 4.78 is 0.218. The zero-order chi connectivity index (χ0) is 35.5. The van der Waals surface area contributed by atoms with Gasteiger partial charge in [-0.25, -0.2) is 0 Å². The average Bonchev–Trinajstić information content (AvgIpc) is 3.63. The van der Waals surface area contributed by atoms with Gasteiger partial charge in [-0.05, 0) is 0 Å². The topological polar surface area (TPSA) is 0 Å². The van der Waals surface area contributed by atoms with Crippen molar-refractivity contribution in [2.24, 2.45) is 0 Å². The van der Waals surface area contributed by atoms with Gasteiger partial charge in [-0.15, -0.1) is 0 Å². The van der Waals surface area contributed by atoms with Crippen LogP contribution in [-0.2, 0) is 26.4 Å². The molecule has 0 saturated carbocycles. The van der Waals surface area contributed by atoms with Crippen molar-refractivity contribution in [3.8, 4) is 22.3 Å². The van der Waals surface area contributed by atoms with Crippen LogP contribution in [0.15, 0.2) is 96.1 Å². The van der Waals surface area contributed by atoms with Gasteiger partial charge >= 0.3 is 308 Å². The fourth-order valence-electron chi connectivity index (χ4n) is 9.22. The summed E-state index contributed by atoms with van der Waals surface area (Å²) in [5, 5.41) is 0. The van der Waals surface area contributed by atoms with Crippen LogP contribution in [0.25, 0.3) is 34.4 Å². The molecule has 4 heteroatoms. The molecule has 49 heavy (non-hydrogen) atoms. The Morgan fingerprint density at radius 3 is 1.43 bits per heavy atom. The van der Waals surface area contributed by atoms with Gasteiger partial charge in [0, 0.05) is 0 Å². The molecule has 0 radical (unpaired) electrons. The normalized spacial score (nSPS) is 18.5. The predicted molar refractivity (Wildman–Crippen MR) is 218 cm³/mol. The van der Waals surface area contributed by atoms with Gasteiger partial charge in [-0.2, -0.15) is 0 Å². The first-order valence-electron chi connectivity index (χ1n) is 18.5. The molecule has 0 fully saturated rings. The molecule has 0 heterocycles.